The molecule has 1 saturated heterocycles. The minimum Gasteiger partial charge on any atom is -0.466 e. The SMILES string of the molecule is CCOC(=O)[C@]1(C)CC[C@H](OC2CCNCC2)CC1. The maximum Gasteiger partial charge on any atom is 0.311 e. The molecule has 4 heteroatoms. The van der Waals surface area contributed by atoms with Crippen LogP contribution in [0.3, 0.4) is 0 Å². The summed E-state index contributed by atoms with van der Waals surface area (Å²) in [5.74, 6) is -0.0321. The molecule has 0 aromatic rings. The van der Waals surface area contributed by atoms with Crippen molar-refractivity contribution >= 4 is 5.97 Å². The summed E-state index contributed by atoms with van der Waals surface area (Å²) in [4.78, 5) is 11.9. The van der Waals surface area contributed by atoms with Crippen LogP contribution in [0.5, 0.6) is 0 Å². The smallest absolute Gasteiger partial charge is 0.311 e. The predicted molar refractivity (Wildman–Crippen MR) is 74.0 cm³/mol. The number of piperidine rings is 1. The highest BCUT2D eigenvalue weighted by molar-refractivity contribution is 5.76. The Morgan fingerprint density at radius 2 is 1.74 bits per heavy atom. The van der Waals surface area contributed by atoms with E-state index in [1.54, 1.807) is 0 Å². The van der Waals surface area contributed by atoms with Gasteiger partial charge in [0.05, 0.1) is 24.2 Å². The Balaban J connectivity index is 1.76. The molecule has 0 unspecified atom stereocenters. The molecule has 0 aromatic heterocycles. The Labute approximate surface area is 116 Å². The fourth-order valence-corrected chi connectivity index (χ4v) is 3.08. The van der Waals surface area contributed by atoms with Crippen molar-refractivity contribution in [2.75, 3.05) is 19.7 Å². The molecule has 1 heterocycles. The van der Waals surface area contributed by atoms with Gasteiger partial charge in [-0.05, 0) is 65.5 Å². The maximum absolute atomic E-state index is 11.9. The Kier molecular flexibility index (Phi) is 5.22. The van der Waals surface area contributed by atoms with Crippen LogP contribution in [-0.4, -0.2) is 37.9 Å². The summed E-state index contributed by atoms with van der Waals surface area (Å²) in [5, 5.41) is 3.35. The number of rotatable bonds is 4. The molecule has 2 fully saturated rings. The monoisotopic (exact) mass is 269 g/mol. The molecule has 1 N–H and O–H groups in total. The van der Waals surface area contributed by atoms with Gasteiger partial charge in [-0.3, -0.25) is 4.79 Å². The number of ether oxygens (including phenoxy) is 2. The minimum absolute atomic E-state index is 0.0321. The van der Waals surface area contributed by atoms with Gasteiger partial charge in [-0.25, -0.2) is 0 Å². The van der Waals surface area contributed by atoms with Crippen LogP contribution in [0.25, 0.3) is 0 Å². The summed E-state index contributed by atoms with van der Waals surface area (Å²) in [6.45, 7) is 6.51. The molecule has 19 heavy (non-hydrogen) atoms. The van der Waals surface area contributed by atoms with Gasteiger partial charge < -0.3 is 14.8 Å². The van der Waals surface area contributed by atoms with Crippen LogP contribution < -0.4 is 5.32 Å². The maximum atomic E-state index is 11.9. The number of nitrogens with one attached hydrogen (secondary N) is 1. The highest BCUT2D eigenvalue weighted by atomic mass is 16.5. The molecule has 1 aliphatic carbocycles. The number of hydrogen-bond donors (Lipinski definition) is 1. The van der Waals surface area contributed by atoms with Gasteiger partial charge in [-0.2, -0.15) is 0 Å². The highest BCUT2D eigenvalue weighted by Gasteiger charge is 2.39. The lowest BCUT2D eigenvalue weighted by atomic mass is 9.74. The van der Waals surface area contributed by atoms with Gasteiger partial charge >= 0.3 is 5.97 Å². The van der Waals surface area contributed by atoms with Crippen molar-refractivity contribution in [2.45, 2.75) is 64.6 Å². The van der Waals surface area contributed by atoms with Crippen LogP contribution in [0.2, 0.25) is 0 Å². The van der Waals surface area contributed by atoms with E-state index in [1.165, 1.54) is 0 Å². The van der Waals surface area contributed by atoms with Gasteiger partial charge in [-0.15, -0.1) is 0 Å². The zero-order valence-electron chi connectivity index (χ0n) is 12.2. The third-order valence-electron chi connectivity index (χ3n) is 4.48. The first kappa shape index (κ1) is 14.8. The van der Waals surface area contributed by atoms with Crippen molar-refractivity contribution in [3.05, 3.63) is 0 Å². The Morgan fingerprint density at radius 3 is 2.32 bits per heavy atom. The third-order valence-corrected chi connectivity index (χ3v) is 4.48. The van der Waals surface area contributed by atoms with E-state index in [4.69, 9.17) is 9.47 Å². The molecule has 0 amide bonds. The van der Waals surface area contributed by atoms with E-state index in [0.717, 1.165) is 51.6 Å². The zero-order chi connectivity index (χ0) is 13.7. The van der Waals surface area contributed by atoms with E-state index in [-0.39, 0.29) is 11.4 Å². The van der Waals surface area contributed by atoms with Crippen molar-refractivity contribution in [3.63, 3.8) is 0 Å². The first-order valence-electron chi connectivity index (χ1n) is 7.67. The summed E-state index contributed by atoms with van der Waals surface area (Å²) in [7, 11) is 0. The van der Waals surface area contributed by atoms with Crippen molar-refractivity contribution in [1.29, 1.82) is 0 Å². The summed E-state index contributed by atoms with van der Waals surface area (Å²) in [5.41, 5.74) is -0.288. The Morgan fingerprint density at radius 1 is 1.16 bits per heavy atom. The summed E-state index contributed by atoms with van der Waals surface area (Å²) in [6, 6.07) is 0. The molecular formula is C15H27NO3. The van der Waals surface area contributed by atoms with Crippen LogP contribution in [0.4, 0.5) is 0 Å². The van der Waals surface area contributed by atoms with Crippen LogP contribution in [0.15, 0.2) is 0 Å². The lowest BCUT2D eigenvalue weighted by molar-refractivity contribution is -0.159. The highest BCUT2D eigenvalue weighted by Crippen LogP contribution is 2.38. The second-order valence-electron chi connectivity index (χ2n) is 6.07. The molecule has 0 aromatic carbocycles. The Bertz CT molecular complexity index is 292. The molecule has 1 aliphatic heterocycles. The van der Waals surface area contributed by atoms with Crippen LogP contribution in [0.1, 0.15) is 52.4 Å². The van der Waals surface area contributed by atoms with Gasteiger partial charge in [0.25, 0.3) is 0 Å². The normalized spacial score (nSPS) is 33.1. The fraction of sp³-hybridized carbons (Fsp3) is 0.933. The molecule has 0 spiro atoms. The first-order valence-corrected chi connectivity index (χ1v) is 7.67. The third kappa shape index (κ3) is 3.93. The van der Waals surface area contributed by atoms with Crippen LogP contribution >= 0.6 is 0 Å². The van der Waals surface area contributed by atoms with Gasteiger partial charge in [0.15, 0.2) is 0 Å². The summed E-state index contributed by atoms with van der Waals surface area (Å²) in [6.07, 6.45) is 6.74. The zero-order valence-corrected chi connectivity index (χ0v) is 12.2. The van der Waals surface area contributed by atoms with Crippen LogP contribution in [-0.2, 0) is 14.3 Å². The summed E-state index contributed by atoms with van der Waals surface area (Å²) < 4.78 is 11.4. The van der Waals surface area contributed by atoms with E-state index >= 15 is 0 Å². The molecule has 0 bridgehead atoms. The number of carbonyl (C=O) groups excluding carboxylic acids is 1. The van der Waals surface area contributed by atoms with Crippen molar-refractivity contribution in [1.82, 2.24) is 5.32 Å². The fourth-order valence-electron chi connectivity index (χ4n) is 3.08. The molecule has 110 valence electrons. The second-order valence-corrected chi connectivity index (χ2v) is 6.07. The predicted octanol–water partition coefficient (Wildman–Crippen LogP) is 2.27. The molecule has 2 rings (SSSR count). The van der Waals surface area contributed by atoms with E-state index in [9.17, 15) is 4.79 Å². The minimum atomic E-state index is -0.288. The number of esters is 1. The van der Waals surface area contributed by atoms with Gasteiger partial charge in [0.2, 0.25) is 0 Å². The van der Waals surface area contributed by atoms with Crippen molar-refractivity contribution < 1.29 is 14.3 Å². The topological polar surface area (TPSA) is 47.6 Å². The molecule has 1 saturated carbocycles. The van der Waals surface area contributed by atoms with E-state index in [0.29, 0.717) is 18.8 Å². The van der Waals surface area contributed by atoms with Crippen LogP contribution in [0, 0.1) is 5.41 Å². The van der Waals surface area contributed by atoms with Crippen molar-refractivity contribution in [2.24, 2.45) is 5.41 Å². The largest absolute Gasteiger partial charge is 0.466 e. The molecular weight excluding hydrogens is 242 g/mol. The van der Waals surface area contributed by atoms with Crippen molar-refractivity contribution in [3.8, 4) is 0 Å². The average molecular weight is 269 g/mol. The average Bonchev–Trinajstić information content (AvgIpc) is 2.43. The van der Waals surface area contributed by atoms with Gasteiger partial charge in [0.1, 0.15) is 0 Å². The Hall–Kier alpha value is -0.610. The quantitative estimate of drug-likeness (QED) is 0.795. The van der Waals surface area contributed by atoms with E-state index in [1.807, 2.05) is 13.8 Å². The molecule has 0 atom stereocenters. The van der Waals surface area contributed by atoms with E-state index < -0.39 is 0 Å². The number of hydrogen-bond acceptors (Lipinski definition) is 4. The number of carbonyl (C=O) groups is 1. The van der Waals surface area contributed by atoms with Gasteiger partial charge in [-0.1, -0.05) is 0 Å². The summed E-state index contributed by atoms with van der Waals surface area (Å²) >= 11 is 0. The first-order chi connectivity index (χ1) is 9.14. The molecule has 0 radical (unpaired) electrons. The lowest BCUT2D eigenvalue weighted by Crippen LogP contribution is -2.39. The van der Waals surface area contributed by atoms with Gasteiger partial charge in [0, 0.05) is 0 Å². The second kappa shape index (κ2) is 6.71. The molecule has 2 aliphatic rings. The van der Waals surface area contributed by atoms with E-state index in [2.05, 4.69) is 5.32 Å². The lowest BCUT2D eigenvalue weighted by Gasteiger charge is -2.37. The standard InChI is InChI=1S/C15H27NO3/c1-3-18-14(17)15(2)8-4-12(5-9-15)19-13-6-10-16-11-7-13/h12-13,16H,3-11H2,1-2H3/t12-,15+. The molecule has 4 nitrogen and oxygen atoms in total.